The third-order valence-corrected chi connectivity index (χ3v) is 5.36. The SMILES string of the molecule is CC(C)C(CNC1CCOC2(CCCC2)C1)C(C)C. The first-order valence-electron chi connectivity index (χ1n) is 8.40. The van der Waals surface area contributed by atoms with Gasteiger partial charge in [-0.3, -0.25) is 0 Å². The molecule has 0 amide bonds. The standard InChI is InChI=1S/C17H33NO/c1-13(2)16(14(3)4)12-18-15-7-10-19-17(11-15)8-5-6-9-17/h13-16,18H,5-12H2,1-4H3. The molecule has 1 unspecified atom stereocenters. The summed E-state index contributed by atoms with van der Waals surface area (Å²) >= 11 is 0. The van der Waals surface area contributed by atoms with Crippen molar-refractivity contribution in [2.45, 2.75) is 77.9 Å². The maximum atomic E-state index is 6.12. The molecule has 0 aromatic rings. The summed E-state index contributed by atoms with van der Waals surface area (Å²) in [5, 5.41) is 3.86. The molecular formula is C17H33NO. The summed E-state index contributed by atoms with van der Waals surface area (Å²) in [5.74, 6) is 2.34. The molecule has 1 aliphatic carbocycles. The molecule has 2 nitrogen and oxygen atoms in total. The van der Waals surface area contributed by atoms with Gasteiger partial charge in [-0.05, 0) is 50.0 Å². The Hall–Kier alpha value is -0.0800. The predicted molar refractivity (Wildman–Crippen MR) is 81.3 cm³/mol. The molecule has 0 aromatic carbocycles. The van der Waals surface area contributed by atoms with E-state index in [0.717, 1.165) is 24.4 Å². The average Bonchev–Trinajstić information content (AvgIpc) is 2.76. The zero-order chi connectivity index (χ0) is 13.9. The highest BCUT2D eigenvalue weighted by Gasteiger charge is 2.39. The molecule has 1 spiro atoms. The van der Waals surface area contributed by atoms with Crippen molar-refractivity contribution in [3.63, 3.8) is 0 Å². The molecule has 2 fully saturated rings. The Labute approximate surface area is 119 Å². The van der Waals surface area contributed by atoms with Gasteiger partial charge in [0.15, 0.2) is 0 Å². The van der Waals surface area contributed by atoms with Gasteiger partial charge < -0.3 is 10.1 Å². The maximum absolute atomic E-state index is 6.12. The lowest BCUT2D eigenvalue weighted by Gasteiger charge is -2.39. The Bertz CT molecular complexity index is 260. The molecule has 0 bridgehead atoms. The van der Waals surface area contributed by atoms with E-state index in [-0.39, 0.29) is 5.60 Å². The molecule has 0 aromatic heterocycles. The average molecular weight is 267 g/mol. The van der Waals surface area contributed by atoms with Gasteiger partial charge in [0.1, 0.15) is 0 Å². The number of rotatable bonds is 5. The minimum absolute atomic E-state index is 0.251. The van der Waals surface area contributed by atoms with Gasteiger partial charge in [0.25, 0.3) is 0 Å². The van der Waals surface area contributed by atoms with Crippen LogP contribution in [0, 0.1) is 17.8 Å². The van der Waals surface area contributed by atoms with E-state index < -0.39 is 0 Å². The molecule has 2 heteroatoms. The summed E-state index contributed by atoms with van der Waals surface area (Å²) in [6.07, 6.45) is 7.77. The van der Waals surface area contributed by atoms with E-state index in [1.807, 2.05) is 0 Å². The van der Waals surface area contributed by atoms with Crippen LogP contribution < -0.4 is 5.32 Å². The highest BCUT2D eigenvalue weighted by atomic mass is 16.5. The quantitative estimate of drug-likeness (QED) is 0.813. The van der Waals surface area contributed by atoms with Crippen LogP contribution in [-0.2, 0) is 4.74 Å². The first-order chi connectivity index (χ1) is 9.02. The zero-order valence-electron chi connectivity index (χ0n) is 13.4. The molecule has 1 aliphatic heterocycles. The van der Waals surface area contributed by atoms with Gasteiger partial charge in [0.2, 0.25) is 0 Å². The van der Waals surface area contributed by atoms with Crippen molar-refractivity contribution >= 4 is 0 Å². The van der Waals surface area contributed by atoms with Gasteiger partial charge in [-0.1, -0.05) is 40.5 Å². The molecule has 0 radical (unpaired) electrons. The summed E-state index contributed by atoms with van der Waals surface area (Å²) in [4.78, 5) is 0. The molecule has 1 N–H and O–H groups in total. The molecule has 2 aliphatic rings. The molecular weight excluding hydrogens is 234 g/mol. The lowest BCUT2D eigenvalue weighted by Crippen LogP contribution is -2.47. The Balaban J connectivity index is 1.82. The lowest BCUT2D eigenvalue weighted by molar-refractivity contribution is -0.0841. The fourth-order valence-electron chi connectivity index (χ4n) is 4.11. The Morgan fingerprint density at radius 3 is 2.32 bits per heavy atom. The topological polar surface area (TPSA) is 21.3 Å². The first-order valence-corrected chi connectivity index (χ1v) is 8.40. The molecule has 2 rings (SSSR count). The Kier molecular flexibility index (Phi) is 5.30. The molecule has 1 heterocycles. The first kappa shape index (κ1) is 15.3. The summed E-state index contributed by atoms with van der Waals surface area (Å²) in [6.45, 7) is 11.6. The maximum Gasteiger partial charge on any atom is 0.0697 e. The van der Waals surface area contributed by atoms with E-state index in [0.29, 0.717) is 6.04 Å². The van der Waals surface area contributed by atoms with E-state index in [4.69, 9.17) is 4.74 Å². The van der Waals surface area contributed by atoms with Crippen LogP contribution in [0.15, 0.2) is 0 Å². The fraction of sp³-hybridized carbons (Fsp3) is 1.00. The van der Waals surface area contributed by atoms with Gasteiger partial charge in [0, 0.05) is 12.6 Å². The second-order valence-corrected chi connectivity index (χ2v) is 7.49. The third kappa shape index (κ3) is 3.95. The van der Waals surface area contributed by atoms with Crippen LogP contribution in [0.4, 0.5) is 0 Å². The Morgan fingerprint density at radius 1 is 1.11 bits per heavy atom. The van der Waals surface area contributed by atoms with Crippen LogP contribution in [-0.4, -0.2) is 24.8 Å². The van der Waals surface area contributed by atoms with Crippen molar-refractivity contribution in [1.29, 1.82) is 0 Å². The number of hydrogen-bond donors (Lipinski definition) is 1. The minimum Gasteiger partial charge on any atom is -0.375 e. The van der Waals surface area contributed by atoms with Gasteiger partial charge >= 0.3 is 0 Å². The van der Waals surface area contributed by atoms with E-state index >= 15 is 0 Å². The number of nitrogens with one attached hydrogen (secondary N) is 1. The number of ether oxygens (including phenoxy) is 1. The van der Waals surface area contributed by atoms with E-state index in [9.17, 15) is 0 Å². The monoisotopic (exact) mass is 267 g/mol. The molecule has 112 valence electrons. The van der Waals surface area contributed by atoms with Crippen LogP contribution in [0.5, 0.6) is 0 Å². The summed E-state index contributed by atoms with van der Waals surface area (Å²) in [6, 6.07) is 0.687. The van der Waals surface area contributed by atoms with E-state index in [2.05, 4.69) is 33.0 Å². The highest BCUT2D eigenvalue weighted by Crippen LogP contribution is 2.40. The fourth-order valence-corrected chi connectivity index (χ4v) is 4.11. The summed E-state index contributed by atoms with van der Waals surface area (Å²) in [5.41, 5.74) is 0.251. The van der Waals surface area contributed by atoms with E-state index in [1.54, 1.807) is 0 Å². The van der Waals surface area contributed by atoms with Gasteiger partial charge in [-0.25, -0.2) is 0 Å². The molecule has 19 heavy (non-hydrogen) atoms. The van der Waals surface area contributed by atoms with Gasteiger partial charge in [-0.15, -0.1) is 0 Å². The highest BCUT2D eigenvalue weighted by molar-refractivity contribution is 4.93. The third-order valence-electron chi connectivity index (χ3n) is 5.36. The summed E-state index contributed by atoms with van der Waals surface area (Å²) in [7, 11) is 0. The van der Waals surface area contributed by atoms with Crippen molar-refractivity contribution in [2.75, 3.05) is 13.2 Å². The van der Waals surface area contributed by atoms with Crippen molar-refractivity contribution in [3.8, 4) is 0 Å². The lowest BCUT2D eigenvalue weighted by atomic mass is 9.84. The zero-order valence-corrected chi connectivity index (χ0v) is 13.4. The minimum atomic E-state index is 0.251. The van der Waals surface area contributed by atoms with Crippen molar-refractivity contribution < 1.29 is 4.74 Å². The largest absolute Gasteiger partial charge is 0.375 e. The normalized spacial score (nSPS) is 27.0. The number of hydrogen-bond acceptors (Lipinski definition) is 2. The second-order valence-electron chi connectivity index (χ2n) is 7.49. The molecule has 1 saturated carbocycles. The Morgan fingerprint density at radius 2 is 1.74 bits per heavy atom. The van der Waals surface area contributed by atoms with Crippen LogP contribution in [0.2, 0.25) is 0 Å². The van der Waals surface area contributed by atoms with Crippen molar-refractivity contribution in [2.24, 2.45) is 17.8 Å². The van der Waals surface area contributed by atoms with Gasteiger partial charge in [0.05, 0.1) is 5.60 Å². The summed E-state index contributed by atoms with van der Waals surface area (Å²) < 4.78 is 6.12. The van der Waals surface area contributed by atoms with Crippen LogP contribution in [0.25, 0.3) is 0 Å². The van der Waals surface area contributed by atoms with Crippen molar-refractivity contribution in [3.05, 3.63) is 0 Å². The van der Waals surface area contributed by atoms with Crippen LogP contribution in [0.3, 0.4) is 0 Å². The predicted octanol–water partition coefficient (Wildman–Crippen LogP) is 4.00. The smallest absolute Gasteiger partial charge is 0.0697 e. The van der Waals surface area contributed by atoms with E-state index in [1.165, 1.54) is 45.1 Å². The second kappa shape index (κ2) is 6.58. The van der Waals surface area contributed by atoms with Crippen LogP contribution >= 0.6 is 0 Å². The molecule has 1 saturated heterocycles. The van der Waals surface area contributed by atoms with Crippen molar-refractivity contribution in [1.82, 2.24) is 5.32 Å². The van der Waals surface area contributed by atoms with Gasteiger partial charge in [-0.2, -0.15) is 0 Å². The van der Waals surface area contributed by atoms with Crippen LogP contribution in [0.1, 0.15) is 66.2 Å². The molecule has 1 atom stereocenters.